The van der Waals surface area contributed by atoms with Crippen molar-refractivity contribution in [2.24, 2.45) is 17.3 Å². The van der Waals surface area contributed by atoms with Crippen molar-refractivity contribution in [1.82, 2.24) is 15.2 Å². The summed E-state index contributed by atoms with van der Waals surface area (Å²) in [6.45, 7) is 11.9. The van der Waals surface area contributed by atoms with Gasteiger partial charge in [0.1, 0.15) is 5.76 Å². The van der Waals surface area contributed by atoms with Gasteiger partial charge < -0.3 is 14.6 Å². The Hall–Kier alpha value is -1.85. The quantitative estimate of drug-likeness (QED) is 0.783. The van der Waals surface area contributed by atoms with Crippen LogP contribution in [0.4, 0.5) is 0 Å². The summed E-state index contributed by atoms with van der Waals surface area (Å²) in [5.74, 6) is 1.93. The predicted molar refractivity (Wildman–Crippen MR) is 95.9 cm³/mol. The number of nitrogens with zero attached hydrogens (tertiary/aromatic N) is 2. The number of oxazole rings is 1. The van der Waals surface area contributed by atoms with Gasteiger partial charge in [-0.25, -0.2) is 4.98 Å². The maximum absolute atomic E-state index is 12.3. The van der Waals surface area contributed by atoms with Gasteiger partial charge >= 0.3 is 0 Å². The van der Waals surface area contributed by atoms with Gasteiger partial charge in [-0.05, 0) is 31.1 Å². The lowest BCUT2D eigenvalue weighted by Gasteiger charge is -2.21. The maximum Gasteiger partial charge on any atom is 0.230 e. The molecule has 1 N–H and O–H groups in total. The van der Waals surface area contributed by atoms with E-state index in [1.165, 1.54) is 0 Å². The van der Waals surface area contributed by atoms with Gasteiger partial charge in [0, 0.05) is 32.5 Å². The van der Waals surface area contributed by atoms with E-state index in [0.717, 1.165) is 12.8 Å². The molecule has 2 atom stereocenters. The van der Waals surface area contributed by atoms with Crippen LogP contribution in [-0.2, 0) is 16.0 Å². The second-order valence-electron chi connectivity index (χ2n) is 8.15. The van der Waals surface area contributed by atoms with Crippen molar-refractivity contribution in [3.05, 3.63) is 17.8 Å². The first kappa shape index (κ1) is 19.5. The van der Waals surface area contributed by atoms with Gasteiger partial charge in [-0.2, -0.15) is 0 Å². The van der Waals surface area contributed by atoms with Gasteiger partial charge in [0.15, 0.2) is 5.89 Å². The normalized spacial score (nSPS) is 19.6. The average Bonchev–Trinajstić information content (AvgIpc) is 3.13. The summed E-state index contributed by atoms with van der Waals surface area (Å²) in [5.41, 5.74) is 0.268. The molecule has 0 aliphatic heterocycles. The van der Waals surface area contributed by atoms with Crippen LogP contribution in [0.25, 0.3) is 0 Å². The second-order valence-corrected chi connectivity index (χ2v) is 8.15. The molecule has 0 saturated heterocycles. The zero-order valence-corrected chi connectivity index (χ0v) is 16.1. The number of aryl methyl sites for hydroxylation is 1. The molecule has 1 aromatic heterocycles. The van der Waals surface area contributed by atoms with E-state index >= 15 is 0 Å². The van der Waals surface area contributed by atoms with E-state index in [2.05, 4.69) is 31.1 Å². The molecule has 0 unspecified atom stereocenters. The minimum atomic E-state index is -0.00932. The number of carbonyl (C=O) groups excluding carboxylic acids is 2. The molecular formula is C19H31N3O3. The third kappa shape index (κ3) is 6.18. The highest BCUT2D eigenvalue weighted by molar-refractivity contribution is 5.81. The third-order valence-corrected chi connectivity index (χ3v) is 4.54. The number of amides is 2. The van der Waals surface area contributed by atoms with Crippen LogP contribution in [0.1, 0.15) is 52.2 Å². The molecule has 1 aromatic rings. The summed E-state index contributed by atoms with van der Waals surface area (Å²) in [5, 5.41) is 2.98. The lowest BCUT2D eigenvalue weighted by Crippen LogP contribution is -2.39. The van der Waals surface area contributed by atoms with Crippen molar-refractivity contribution in [2.45, 2.75) is 53.9 Å². The van der Waals surface area contributed by atoms with Crippen molar-refractivity contribution >= 4 is 11.8 Å². The van der Waals surface area contributed by atoms with Crippen molar-refractivity contribution in [3.63, 3.8) is 0 Å². The van der Waals surface area contributed by atoms with E-state index in [-0.39, 0.29) is 29.6 Å². The Labute approximate surface area is 150 Å². The van der Waals surface area contributed by atoms with E-state index < -0.39 is 0 Å². The standard InChI is InChI=1S/C19H31N3O3/c1-6-22(17(23)10-15-12-21-13(2)25-15)8-7-20-18(24)16-9-14(16)11-19(3,4)5/h12,14,16H,6-11H2,1-5H3,(H,20,24)/t14-,16+/m0/s1. The van der Waals surface area contributed by atoms with Crippen LogP contribution in [0.2, 0.25) is 0 Å². The molecular weight excluding hydrogens is 318 g/mol. The van der Waals surface area contributed by atoms with Crippen LogP contribution in [0.15, 0.2) is 10.6 Å². The van der Waals surface area contributed by atoms with E-state index in [0.29, 0.717) is 37.2 Å². The van der Waals surface area contributed by atoms with Crippen molar-refractivity contribution in [1.29, 1.82) is 0 Å². The minimum Gasteiger partial charge on any atom is -0.446 e. The van der Waals surface area contributed by atoms with Gasteiger partial charge in [-0.3, -0.25) is 9.59 Å². The van der Waals surface area contributed by atoms with Gasteiger partial charge in [-0.1, -0.05) is 20.8 Å². The smallest absolute Gasteiger partial charge is 0.230 e. The summed E-state index contributed by atoms with van der Waals surface area (Å²) in [6, 6.07) is 0. The van der Waals surface area contributed by atoms with E-state index in [9.17, 15) is 9.59 Å². The fourth-order valence-corrected chi connectivity index (χ4v) is 3.23. The van der Waals surface area contributed by atoms with Crippen molar-refractivity contribution in [2.75, 3.05) is 19.6 Å². The zero-order chi connectivity index (χ0) is 18.6. The Bertz CT molecular complexity index is 603. The van der Waals surface area contributed by atoms with Crippen LogP contribution in [0.5, 0.6) is 0 Å². The Morgan fingerprint density at radius 1 is 1.40 bits per heavy atom. The first-order chi connectivity index (χ1) is 11.7. The summed E-state index contributed by atoms with van der Waals surface area (Å²) in [6.07, 6.45) is 3.87. The molecule has 0 aromatic carbocycles. The van der Waals surface area contributed by atoms with Crippen LogP contribution in [0.3, 0.4) is 0 Å². The highest BCUT2D eigenvalue weighted by Gasteiger charge is 2.44. The van der Waals surface area contributed by atoms with Crippen molar-refractivity contribution in [3.8, 4) is 0 Å². The second kappa shape index (κ2) is 8.02. The molecule has 0 bridgehead atoms. The van der Waals surface area contributed by atoms with Crippen LogP contribution in [-0.4, -0.2) is 41.3 Å². The molecule has 25 heavy (non-hydrogen) atoms. The molecule has 2 rings (SSSR count). The SMILES string of the molecule is CCN(CCNC(=O)[C@@H]1C[C@H]1CC(C)(C)C)C(=O)Cc1cnc(C)o1. The fraction of sp³-hybridized carbons (Fsp3) is 0.737. The Kier molecular flexibility index (Phi) is 6.25. The van der Waals surface area contributed by atoms with Crippen LogP contribution in [0, 0.1) is 24.2 Å². The highest BCUT2D eigenvalue weighted by Crippen LogP contribution is 2.46. The largest absolute Gasteiger partial charge is 0.446 e. The number of carbonyl (C=O) groups is 2. The van der Waals surface area contributed by atoms with Gasteiger partial charge in [0.2, 0.25) is 11.8 Å². The minimum absolute atomic E-state index is 0.00932. The molecule has 0 radical (unpaired) electrons. The zero-order valence-electron chi connectivity index (χ0n) is 16.1. The maximum atomic E-state index is 12.3. The first-order valence-corrected chi connectivity index (χ1v) is 9.16. The van der Waals surface area contributed by atoms with Gasteiger partial charge in [-0.15, -0.1) is 0 Å². The van der Waals surface area contributed by atoms with Crippen molar-refractivity contribution < 1.29 is 14.0 Å². The Balaban J connectivity index is 1.70. The molecule has 6 nitrogen and oxygen atoms in total. The van der Waals surface area contributed by atoms with E-state index in [4.69, 9.17) is 4.42 Å². The number of hydrogen-bond acceptors (Lipinski definition) is 4. The molecule has 1 heterocycles. The molecule has 1 aliphatic rings. The van der Waals surface area contributed by atoms with Crippen LogP contribution >= 0.6 is 0 Å². The number of likely N-dealkylation sites (N-methyl/N-ethyl adjacent to an activating group) is 1. The fourth-order valence-electron chi connectivity index (χ4n) is 3.23. The van der Waals surface area contributed by atoms with E-state index in [1.807, 2.05) is 6.92 Å². The lowest BCUT2D eigenvalue weighted by atomic mass is 9.89. The van der Waals surface area contributed by atoms with Crippen LogP contribution < -0.4 is 5.32 Å². The summed E-state index contributed by atoms with van der Waals surface area (Å²) >= 11 is 0. The monoisotopic (exact) mass is 349 g/mol. The predicted octanol–water partition coefficient (Wildman–Crippen LogP) is 2.56. The molecule has 1 aliphatic carbocycles. The summed E-state index contributed by atoms with van der Waals surface area (Å²) < 4.78 is 5.35. The number of rotatable bonds is 8. The number of aromatic nitrogens is 1. The summed E-state index contributed by atoms with van der Waals surface area (Å²) in [4.78, 5) is 30.2. The first-order valence-electron chi connectivity index (χ1n) is 9.16. The number of hydrogen-bond donors (Lipinski definition) is 1. The topological polar surface area (TPSA) is 75.4 Å². The molecule has 6 heteroatoms. The average molecular weight is 349 g/mol. The third-order valence-electron chi connectivity index (χ3n) is 4.54. The molecule has 140 valence electrons. The van der Waals surface area contributed by atoms with Gasteiger partial charge in [0.25, 0.3) is 0 Å². The lowest BCUT2D eigenvalue weighted by molar-refractivity contribution is -0.131. The number of nitrogens with one attached hydrogen (secondary N) is 1. The molecule has 2 amide bonds. The Morgan fingerprint density at radius 3 is 2.68 bits per heavy atom. The van der Waals surface area contributed by atoms with Gasteiger partial charge in [0.05, 0.1) is 12.6 Å². The Morgan fingerprint density at radius 2 is 2.12 bits per heavy atom. The molecule has 1 saturated carbocycles. The summed E-state index contributed by atoms with van der Waals surface area (Å²) in [7, 11) is 0. The highest BCUT2D eigenvalue weighted by atomic mass is 16.4. The van der Waals surface area contributed by atoms with E-state index in [1.54, 1.807) is 18.0 Å². The molecule has 0 spiro atoms. The molecule has 1 fully saturated rings.